The van der Waals surface area contributed by atoms with E-state index in [1.807, 2.05) is 0 Å². The Morgan fingerprint density at radius 2 is 1.80 bits per heavy atom. The fraction of sp³-hybridized carbons (Fsp3) is 0.600. The van der Waals surface area contributed by atoms with Crippen LogP contribution in [0.5, 0.6) is 0 Å². The van der Waals surface area contributed by atoms with Gasteiger partial charge in [-0.15, -0.1) is 6.42 Å². The minimum atomic E-state index is -1.06. The minimum absolute atomic E-state index is 0.186. The van der Waals surface area contributed by atoms with Crippen LogP contribution in [-0.2, 0) is 4.79 Å². The molecule has 5 nitrogen and oxygen atoms in total. The van der Waals surface area contributed by atoms with Crippen LogP contribution in [0.4, 0.5) is 4.79 Å². The number of terminal acetylenes is 1. The van der Waals surface area contributed by atoms with Crippen LogP contribution >= 0.6 is 0 Å². The van der Waals surface area contributed by atoms with Gasteiger partial charge in [-0.25, -0.2) is 9.59 Å². The third-order valence-corrected chi connectivity index (χ3v) is 1.82. The summed E-state index contributed by atoms with van der Waals surface area (Å²) in [6.07, 6.45) is 5.06. The summed E-state index contributed by atoms with van der Waals surface area (Å²) in [6, 6.07) is -1.90. The highest BCUT2D eigenvalue weighted by Crippen LogP contribution is 2.01. The van der Waals surface area contributed by atoms with Gasteiger partial charge in [-0.2, -0.15) is 0 Å². The van der Waals surface area contributed by atoms with Crippen LogP contribution in [0.15, 0.2) is 0 Å². The molecule has 0 aliphatic heterocycles. The number of rotatable bonds is 4. The number of carboxylic acids is 1. The summed E-state index contributed by atoms with van der Waals surface area (Å²) in [5, 5.41) is 13.6. The van der Waals surface area contributed by atoms with Gasteiger partial charge in [0.1, 0.15) is 6.04 Å². The lowest BCUT2D eigenvalue weighted by molar-refractivity contribution is -0.140. The van der Waals surface area contributed by atoms with E-state index in [9.17, 15) is 9.59 Å². The first kappa shape index (κ1) is 13.3. The van der Waals surface area contributed by atoms with E-state index >= 15 is 0 Å². The second-order valence-corrected chi connectivity index (χ2v) is 3.57. The van der Waals surface area contributed by atoms with Crippen molar-refractivity contribution in [3.63, 3.8) is 0 Å². The molecule has 0 aromatic rings. The van der Waals surface area contributed by atoms with Crippen molar-refractivity contribution in [3.8, 4) is 12.3 Å². The molecule has 3 N–H and O–H groups in total. The van der Waals surface area contributed by atoms with Crippen molar-refractivity contribution in [1.29, 1.82) is 0 Å². The SMILES string of the molecule is C#CC(C)NC(=O)N[C@H](C(=O)O)C(C)C. The summed E-state index contributed by atoms with van der Waals surface area (Å²) in [6.45, 7) is 5.05. The average Bonchev–Trinajstić information content (AvgIpc) is 2.12. The van der Waals surface area contributed by atoms with E-state index in [0.29, 0.717) is 0 Å². The highest BCUT2D eigenvalue weighted by atomic mass is 16.4. The van der Waals surface area contributed by atoms with Gasteiger partial charge >= 0.3 is 12.0 Å². The quantitative estimate of drug-likeness (QED) is 0.591. The molecule has 0 aliphatic rings. The van der Waals surface area contributed by atoms with Crippen LogP contribution < -0.4 is 10.6 Å². The van der Waals surface area contributed by atoms with E-state index in [0.717, 1.165) is 0 Å². The molecule has 0 bridgehead atoms. The number of amides is 2. The summed E-state index contributed by atoms with van der Waals surface area (Å²) in [5.41, 5.74) is 0. The maximum atomic E-state index is 11.3. The van der Waals surface area contributed by atoms with Gasteiger partial charge in [0.2, 0.25) is 0 Å². The van der Waals surface area contributed by atoms with Gasteiger partial charge in [-0.05, 0) is 12.8 Å². The zero-order valence-corrected chi connectivity index (χ0v) is 9.07. The molecule has 0 aliphatic carbocycles. The molecule has 0 spiro atoms. The lowest BCUT2D eigenvalue weighted by Crippen LogP contribution is -2.50. The van der Waals surface area contributed by atoms with Crippen LogP contribution in [0, 0.1) is 18.3 Å². The second kappa shape index (κ2) is 5.91. The number of carbonyl (C=O) groups is 2. The molecule has 0 aromatic heterocycles. The summed E-state index contributed by atoms with van der Waals surface area (Å²) >= 11 is 0. The normalized spacial score (nSPS) is 13.8. The van der Waals surface area contributed by atoms with E-state index in [1.54, 1.807) is 20.8 Å². The van der Waals surface area contributed by atoms with E-state index in [1.165, 1.54) is 0 Å². The Hall–Kier alpha value is -1.70. The highest BCUT2D eigenvalue weighted by Gasteiger charge is 2.23. The van der Waals surface area contributed by atoms with Crippen molar-refractivity contribution in [3.05, 3.63) is 0 Å². The largest absolute Gasteiger partial charge is 0.480 e. The molecule has 0 saturated carbocycles. The second-order valence-electron chi connectivity index (χ2n) is 3.57. The summed E-state index contributed by atoms with van der Waals surface area (Å²) in [4.78, 5) is 22.0. The van der Waals surface area contributed by atoms with Gasteiger partial charge in [-0.1, -0.05) is 19.8 Å². The first-order chi connectivity index (χ1) is 6.88. The lowest BCUT2D eigenvalue weighted by atomic mass is 10.1. The van der Waals surface area contributed by atoms with Gasteiger partial charge in [0.05, 0.1) is 6.04 Å². The predicted molar refractivity (Wildman–Crippen MR) is 56.2 cm³/mol. The van der Waals surface area contributed by atoms with Crippen molar-refractivity contribution >= 4 is 12.0 Å². The Bertz CT molecular complexity index is 281. The fourth-order valence-corrected chi connectivity index (χ4v) is 0.935. The number of nitrogens with one attached hydrogen (secondary N) is 2. The zero-order chi connectivity index (χ0) is 12.0. The Balaban J connectivity index is 4.26. The Kier molecular flexibility index (Phi) is 5.24. The molecule has 5 heteroatoms. The van der Waals surface area contributed by atoms with Crippen molar-refractivity contribution in [2.24, 2.45) is 5.92 Å². The first-order valence-corrected chi connectivity index (χ1v) is 4.64. The summed E-state index contributed by atoms with van der Waals surface area (Å²) in [5.74, 6) is 1.06. The van der Waals surface area contributed by atoms with Crippen molar-refractivity contribution < 1.29 is 14.7 Å². The van der Waals surface area contributed by atoms with Crippen LogP contribution in [0.2, 0.25) is 0 Å². The lowest BCUT2D eigenvalue weighted by Gasteiger charge is -2.18. The number of hydrogen-bond donors (Lipinski definition) is 3. The zero-order valence-electron chi connectivity index (χ0n) is 9.07. The molecular formula is C10H16N2O3. The van der Waals surface area contributed by atoms with E-state index in [-0.39, 0.29) is 5.92 Å². The van der Waals surface area contributed by atoms with Gasteiger partial charge < -0.3 is 15.7 Å². The van der Waals surface area contributed by atoms with Crippen molar-refractivity contribution in [1.82, 2.24) is 10.6 Å². The number of carboxylic acid groups (broad SMARTS) is 1. The molecule has 0 aromatic carbocycles. The van der Waals surface area contributed by atoms with E-state index < -0.39 is 24.1 Å². The summed E-state index contributed by atoms with van der Waals surface area (Å²) < 4.78 is 0. The van der Waals surface area contributed by atoms with Gasteiger partial charge in [0, 0.05) is 0 Å². The molecule has 84 valence electrons. The number of hydrogen-bond acceptors (Lipinski definition) is 2. The first-order valence-electron chi connectivity index (χ1n) is 4.64. The predicted octanol–water partition coefficient (Wildman–Crippen LogP) is 0.416. The molecule has 0 heterocycles. The Morgan fingerprint density at radius 1 is 1.27 bits per heavy atom. The Morgan fingerprint density at radius 3 is 2.13 bits per heavy atom. The standard InChI is InChI=1S/C10H16N2O3/c1-5-7(4)11-10(15)12-8(6(2)3)9(13)14/h1,6-8H,2-4H3,(H,13,14)(H2,11,12,15)/t7?,8-/m0/s1. The maximum absolute atomic E-state index is 11.3. The summed E-state index contributed by atoms with van der Waals surface area (Å²) in [7, 11) is 0. The minimum Gasteiger partial charge on any atom is -0.480 e. The monoisotopic (exact) mass is 212 g/mol. The molecule has 0 rings (SSSR count). The van der Waals surface area contributed by atoms with Crippen LogP contribution in [0.3, 0.4) is 0 Å². The van der Waals surface area contributed by atoms with Gasteiger partial charge in [0.15, 0.2) is 0 Å². The molecule has 15 heavy (non-hydrogen) atoms. The molecule has 2 amide bonds. The number of urea groups is 1. The molecule has 0 fully saturated rings. The average molecular weight is 212 g/mol. The van der Waals surface area contributed by atoms with Crippen LogP contribution in [0.25, 0.3) is 0 Å². The smallest absolute Gasteiger partial charge is 0.326 e. The van der Waals surface area contributed by atoms with Crippen LogP contribution in [0.1, 0.15) is 20.8 Å². The third-order valence-electron chi connectivity index (χ3n) is 1.82. The maximum Gasteiger partial charge on any atom is 0.326 e. The third kappa shape index (κ3) is 4.91. The highest BCUT2D eigenvalue weighted by molar-refractivity contribution is 5.82. The fourth-order valence-electron chi connectivity index (χ4n) is 0.935. The number of aliphatic carboxylic acids is 1. The van der Waals surface area contributed by atoms with Crippen LogP contribution in [-0.4, -0.2) is 29.2 Å². The molecule has 0 saturated heterocycles. The molecule has 1 unspecified atom stereocenters. The number of carbonyl (C=O) groups excluding carboxylic acids is 1. The molecular weight excluding hydrogens is 196 g/mol. The van der Waals surface area contributed by atoms with Gasteiger partial charge in [0.25, 0.3) is 0 Å². The van der Waals surface area contributed by atoms with Gasteiger partial charge in [-0.3, -0.25) is 0 Å². The molecule has 0 radical (unpaired) electrons. The Labute approximate surface area is 89.2 Å². The van der Waals surface area contributed by atoms with E-state index in [4.69, 9.17) is 11.5 Å². The molecule has 2 atom stereocenters. The van der Waals surface area contributed by atoms with E-state index in [2.05, 4.69) is 16.6 Å². The van der Waals surface area contributed by atoms with Crippen molar-refractivity contribution in [2.45, 2.75) is 32.9 Å². The topological polar surface area (TPSA) is 78.4 Å². The van der Waals surface area contributed by atoms with Crippen molar-refractivity contribution in [2.75, 3.05) is 0 Å².